The van der Waals surface area contributed by atoms with Gasteiger partial charge in [-0.3, -0.25) is 19.9 Å². The highest BCUT2D eigenvalue weighted by atomic mass is 32.1. The molecule has 0 fully saturated rings. The Labute approximate surface area is 531 Å². The zero-order chi connectivity index (χ0) is 58.6. The van der Waals surface area contributed by atoms with E-state index in [0.29, 0.717) is 0 Å². The van der Waals surface area contributed by atoms with Crippen molar-refractivity contribution in [2.75, 3.05) is 0 Å². The van der Waals surface area contributed by atoms with Crippen LogP contribution in [0.2, 0.25) is 0 Å². The summed E-state index contributed by atoms with van der Waals surface area (Å²) in [6, 6.07) is 77.4. The van der Waals surface area contributed by atoms with Crippen molar-refractivity contribution in [3.63, 3.8) is 0 Å². The van der Waals surface area contributed by atoms with Gasteiger partial charge in [-0.05, 0) is 185 Å². The third-order valence-electron chi connectivity index (χ3n) is 17.4. The van der Waals surface area contributed by atoms with Crippen LogP contribution in [0, 0.1) is 0 Å². The van der Waals surface area contributed by atoms with E-state index >= 15 is 0 Å². The molecule has 0 N–H and O–H groups in total. The predicted octanol–water partition coefficient (Wildman–Crippen LogP) is 20.6. The molecular weight excluding hydrogens is 1150 g/mol. The molecule has 0 saturated carbocycles. The summed E-state index contributed by atoms with van der Waals surface area (Å²) in [5.74, 6) is 0. The molecule has 4 nitrogen and oxygen atoms in total. The normalized spacial score (nSPS) is 12.6. The van der Waals surface area contributed by atoms with Gasteiger partial charge in [-0.15, -0.1) is 45.3 Å². The summed E-state index contributed by atoms with van der Waals surface area (Å²) >= 11 is 7.41. The molecule has 0 saturated heterocycles. The maximum Gasteiger partial charge on any atom is 0.0542 e. The summed E-state index contributed by atoms with van der Waals surface area (Å²) in [6.45, 7) is 0. The average Bonchev–Trinajstić information content (AvgIpc) is 3.68. The molecule has 0 aliphatic heterocycles. The van der Waals surface area contributed by atoms with E-state index < -0.39 is 0 Å². The molecular formula is C80H60N4S4. The van der Waals surface area contributed by atoms with Gasteiger partial charge in [0.1, 0.15) is 0 Å². The molecule has 424 valence electrons. The largest absolute Gasteiger partial charge is 0.260 e. The van der Waals surface area contributed by atoms with Gasteiger partial charge in [-0.2, -0.15) is 0 Å². The lowest BCUT2D eigenvalue weighted by Gasteiger charge is -2.18. The van der Waals surface area contributed by atoms with Crippen LogP contribution < -0.4 is 0 Å². The Hall–Kier alpha value is -9.28. The van der Waals surface area contributed by atoms with E-state index in [1.807, 2.05) is 94.4 Å². The first kappa shape index (κ1) is 55.3. The van der Waals surface area contributed by atoms with Crippen molar-refractivity contribution in [2.45, 2.75) is 51.4 Å². The first-order valence-corrected chi connectivity index (χ1v) is 33.6. The molecule has 0 spiro atoms. The van der Waals surface area contributed by atoms with Gasteiger partial charge >= 0.3 is 0 Å². The molecule has 0 atom stereocenters. The van der Waals surface area contributed by atoms with Gasteiger partial charge in [-0.1, -0.05) is 170 Å². The van der Waals surface area contributed by atoms with Crippen molar-refractivity contribution in [3.05, 3.63) is 354 Å². The second-order valence-electron chi connectivity index (χ2n) is 22.7. The van der Waals surface area contributed by atoms with Gasteiger partial charge < -0.3 is 0 Å². The Morgan fingerprint density at radius 3 is 0.898 bits per heavy atom. The highest BCUT2D eigenvalue weighted by Crippen LogP contribution is 2.44. The number of hydrogen-bond acceptors (Lipinski definition) is 8. The van der Waals surface area contributed by atoms with Gasteiger partial charge in [-0.25, -0.2) is 0 Å². The molecule has 14 aromatic rings. The summed E-state index contributed by atoms with van der Waals surface area (Å²) in [6.07, 6.45) is 15.9. The van der Waals surface area contributed by atoms with Crippen LogP contribution in [0.15, 0.2) is 265 Å². The monoisotopic (exact) mass is 1200 g/mol. The van der Waals surface area contributed by atoms with Crippen LogP contribution in [-0.2, 0) is 51.4 Å². The third kappa shape index (κ3) is 11.4. The van der Waals surface area contributed by atoms with Crippen LogP contribution in [0.3, 0.4) is 0 Å². The fourth-order valence-corrected chi connectivity index (χ4v) is 17.1. The minimum absolute atomic E-state index is 0.881. The first-order chi connectivity index (χ1) is 43.6. The van der Waals surface area contributed by atoms with E-state index in [9.17, 15) is 0 Å². The molecule has 8 aromatic heterocycles. The predicted molar refractivity (Wildman–Crippen MR) is 369 cm³/mol. The Bertz CT molecular complexity index is 4250. The van der Waals surface area contributed by atoms with Crippen molar-refractivity contribution >= 4 is 45.3 Å². The number of thiophene rings is 4. The molecule has 0 bridgehead atoms. The van der Waals surface area contributed by atoms with Crippen molar-refractivity contribution in [3.8, 4) is 64.0 Å². The molecule has 0 amide bonds. The Balaban J connectivity index is 0.0000000863. The maximum absolute atomic E-state index is 4.37. The number of nitrogens with zero attached hydrogens (tertiary/aromatic N) is 4. The van der Waals surface area contributed by atoms with E-state index in [-0.39, 0.29) is 0 Å². The summed E-state index contributed by atoms with van der Waals surface area (Å²) in [4.78, 5) is 23.3. The van der Waals surface area contributed by atoms with Crippen molar-refractivity contribution in [2.24, 2.45) is 0 Å². The smallest absolute Gasteiger partial charge is 0.0542 e. The molecule has 7 aliphatic rings. The maximum atomic E-state index is 4.37. The molecule has 0 radical (unpaired) electrons. The number of aromatic nitrogens is 4. The Morgan fingerprint density at radius 2 is 0.432 bits per heavy atom. The molecule has 8 heterocycles. The number of pyridine rings is 4. The van der Waals surface area contributed by atoms with Crippen LogP contribution in [0.5, 0.6) is 0 Å². The average molecular weight is 1210 g/mol. The van der Waals surface area contributed by atoms with E-state index in [0.717, 1.165) is 62.8 Å². The summed E-state index contributed by atoms with van der Waals surface area (Å²) < 4.78 is 0. The lowest BCUT2D eigenvalue weighted by Crippen LogP contribution is -2.06. The van der Waals surface area contributed by atoms with Crippen molar-refractivity contribution in [1.29, 1.82) is 0 Å². The van der Waals surface area contributed by atoms with E-state index in [1.165, 1.54) is 142 Å². The van der Waals surface area contributed by atoms with E-state index in [4.69, 9.17) is 0 Å². The molecule has 6 aromatic carbocycles. The van der Waals surface area contributed by atoms with Gasteiger partial charge in [0.15, 0.2) is 0 Å². The molecule has 7 aliphatic carbocycles. The van der Waals surface area contributed by atoms with Gasteiger partial charge in [0.25, 0.3) is 0 Å². The van der Waals surface area contributed by atoms with Gasteiger partial charge in [0.05, 0.1) is 22.8 Å². The van der Waals surface area contributed by atoms with Gasteiger partial charge in [0.2, 0.25) is 0 Å². The third-order valence-corrected chi connectivity index (χ3v) is 21.4. The fourth-order valence-electron chi connectivity index (χ4n) is 13.1. The number of rotatable bonds is 0. The summed E-state index contributed by atoms with van der Waals surface area (Å²) in [7, 11) is 0. The zero-order valence-electron chi connectivity index (χ0n) is 48.5. The van der Waals surface area contributed by atoms with Crippen LogP contribution in [0.25, 0.3) is 64.0 Å². The molecule has 21 rings (SSSR count). The Morgan fingerprint density at radius 1 is 0.182 bits per heavy atom. The number of fused-ring (bicyclic) bond motifs is 20. The highest BCUT2D eigenvalue weighted by molar-refractivity contribution is 7.21. The first-order valence-electron chi connectivity index (χ1n) is 30.1. The zero-order valence-corrected chi connectivity index (χ0v) is 51.7. The fraction of sp³-hybridized carbons (Fsp3) is 0.100. The second-order valence-corrected chi connectivity index (χ2v) is 26.3. The van der Waals surface area contributed by atoms with E-state index in [2.05, 4.69) is 236 Å². The lowest BCUT2D eigenvalue weighted by molar-refractivity contribution is 1.00. The van der Waals surface area contributed by atoms with Crippen molar-refractivity contribution < 1.29 is 0 Å². The SMILES string of the molecule is c1cc2c(s1)-c1sccc1C2.c1ccc2c(c1)Cc1ccccc1-2.c1ccc2c(c1)Cc1ccccc1C2.c1ccc2c(c1)Cc1ccsc1-2.c1ccc2c(c1)Cc1ncccc1-2.c1cnc2c(c1)-c1cccnc1C2.c1cnc2c(c1)-c1sccc1C2. The Kier molecular flexibility index (Phi) is 15.8. The van der Waals surface area contributed by atoms with Crippen molar-refractivity contribution in [1.82, 2.24) is 19.9 Å². The number of benzene rings is 6. The standard InChI is InChI=1S/C14H12.C13H10.C12H9N.C11H8N2.C11H8S.C10H7NS.C9H6S2/c1-2-6-12-10-14-8-4-3-7-13(14)9-11(12)5-1;1-3-7-12-10(5-1)9-11-6-2-4-8-13(11)12;1-2-5-10-9(4-1)8-12-11(10)6-3-7-13-12;1-3-8-9-4-2-6-13-11(9)7-10(8)12-5-1;1-2-4-10-8(3-1)7-9-5-6-12-11(9)10;1-2-8-9(11-4-1)6-7-3-5-12-10(7)8;1-3-10-8-6(1)5-7-2-4-11-9(7)8/h1-8H,9-10H2;1-8H,9H2;1-7H,8H2;1-6H,7H2;1-6H,7H2;1-5H,6H2;1-4H,5H2. The minimum atomic E-state index is 0.881. The quantitative estimate of drug-likeness (QED) is 0.152. The molecule has 8 heteroatoms. The molecule has 88 heavy (non-hydrogen) atoms. The summed E-state index contributed by atoms with van der Waals surface area (Å²) in [5.41, 5.74) is 33.3. The van der Waals surface area contributed by atoms with Crippen LogP contribution in [0.1, 0.15) is 89.5 Å². The topological polar surface area (TPSA) is 51.6 Å². The van der Waals surface area contributed by atoms with Crippen LogP contribution >= 0.6 is 45.3 Å². The highest BCUT2D eigenvalue weighted by Gasteiger charge is 2.24. The minimum Gasteiger partial charge on any atom is -0.260 e. The second kappa shape index (κ2) is 25.2. The molecule has 0 unspecified atom stereocenters. The van der Waals surface area contributed by atoms with Crippen LogP contribution in [0.4, 0.5) is 0 Å². The summed E-state index contributed by atoms with van der Waals surface area (Å²) in [5, 5.41) is 8.71. The van der Waals surface area contributed by atoms with Gasteiger partial charge in [0, 0.05) is 92.2 Å². The van der Waals surface area contributed by atoms with Crippen LogP contribution in [-0.4, -0.2) is 19.9 Å². The number of hydrogen-bond donors (Lipinski definition) is 0. The lowest BCUT2D eigenvalue weighted by atomic mass is 9.86. The van der Waals surface area contributed by atoms with E-state index in [1.54, 1.807) is 0 Å².